The summed E-state index contributed by atoms with van der Waals surface area (Å²) in [7, 11) is -9.26. The molecular weight excluding hydrogens is 1980 g/mol. The van der Waals surface area contributed by atoms with Crippen LogP contribution in [0.3, 0.4) is 0 Å². The van der Waals surface area contributed by atoms with Gasteiger partial charge in [0.15, 0.2) is 11.5 Å². The van der Waals surface area contributed by atoms with Gasteiger partial charge < -0.3 is 46.9 Å². The number of alkyl halides is 3. The zero-order valence-corrected chi connectivity index (χ0v) is 91.7. The van der Waals surface area contributed by atoms with Gasteiger partial charge in [0.1, 0.15) is 5.75 Å². The van der Waals surface area contributed by atoms with E-state index in [0.29, 0.717) is 47.9 Å². The Balaban J connectivity index is 0.000000339. The van der Waals surface area contributed by atoms with Gasteiger partial charge in [-0.2, -0.15) is 0 Å². The van der Waals surface area contributed by atoms with Gasteiger partial charge in [0, 0.05) is 101 Å². The van der Waals surface area contributed by atoms with Gasteiger partial charge in [-0.1, -0.05) is 209 Å². The van der Waals surface area contributed by atoms with Gasteiger partial charge in [-0.3, -0.25) is 37.6 Å². The number of ether oxygens (including phenoxy) is 3. The molecule has 13 aromatic rings. The minimum atomic E-state index is -4.60. The van der Waals surface area contributed by atoms with E-state index in [1.54, 1.807) is 115 Å². The maximum absolute atomic E-state index is 11.6. The molecule has 2 heterocycles. The molecule has 2 fully saturated rings. The lowest BCUT2D eigenvalue weighted by atomic mass is 10.1. The van der Waals surface area contributed by atoms with Crippen LogP contribution in [0.1, 0.15) is 162 Å². The second kappa shape index (κ2) is 66.4. The number of nitrogen functional groups attached to an aromatic ring is 2. The second-order valence-electron chi connectivity index (χ2n) is 34.0. The topological polar surface area (TPSA) is 372 Å². The number of rotatable bonds is 16. The number of fused-ring (bicyclic) bond motifs is 1. The van der Waals surface area contributed by atoms with Crippen LogP contribution in [0.2, 0.25) is 0 Å². The number of amides is 4. The van der Waals surface area contributed by atoms with Crippen LogP contribution in [-0.2, 0) is 49.7 Å². The number of hydrogen-bond acceptors (Lipinski definition) is 17. The highest BCUT2D eigenvalue weighted by molar-refractivity contribution is 7.93. The number of anilines is 8. The van der Waals surface area contributed by atoms with Gasteiger partial charge in [0.2, 0.25) is 58.7 Å². The van der Waals surface area contributed by atoms with Gasteiger partial charge in [-0.05, 0) is 311 Å². The monoisotopic (exact) mass is 2120 g/mol. The van der Waals surface area contributed by atoms with E-state index in [-0.39, 0.29) is 46.8 Å². The Kier molecular flexibility index (Phi) is 56.0. The highest BCUT2D eigenvalue weighted by atomic mass is 32.2. The van der Waals surface area contributed by atoms with Crippen molar-refractivity contribution in [1.82, 2.24) is 10.6 Å². The van der Waals surface area contributed by atoms with Crippen molar-refractivity contribution in [3.05, 3.63) is 399 Å². The first-order chi connectivity index (χ1) is 71.0. The molecule has 1 saturated carbocycles. The van der Waals surface area contributed by atoms with Gasteiger partial charge >= 0.3 is 6.36 Å². The summed E-state index contributed by atoms with van der Waals surface area (Å²) >= 11 is 0. The van der Waals surface area contributed by atoms with Crippen LogP contribution in [0.4, 0.5) is 58.7 Å². The lowest BCUT2D eigenvalue weighted by Gasteiger charge is -2.16. The van der Waals surface area contributed by atoms with E-state index < -0.39 is 51.7 Å². The third-order valence-electron chi connectivity index (χ3n) is 20.3. The fraction of sp³-hybridized carbons (Fsp3) is 0.254. The molecule has 3 aliphatic rings. The Morgan fingerprint density at radius 3 is 1.21 bits per heavy atom. The van der Waals surface area contributed by atoms with Crippen LogP contribution in [0.5, 0.6) is 17.2 Å². The first kappa shape index (κ1) is 126. The summed E-state index contributed by atoms with van der Waals surface area (Å²) in [5, 5.41) is 10.4. The summed E-state index contributed by atoms with van der Waals surface area (Å²) in [5.74, 6) is 19.6. The summed E-state index contributed by atoms with van der Waals surface area (Å²) in [6, 6.07) is 98.1. The van der Waals surface area contributed by atoms with Gasteiger partial charge in [-0.15, -0.1) is 30.9 Å². The van der Waals surface area contributed by atoms with Gasteiger partial charge in [-0.25, -0.2) is 33.7 Å². The highest BCUT2D eigenvalue weighted by Crippen LogP contribution is 2.33. The minimum absolute atomic E-state index is 0.0272. The number of halogens is 3. The van der Waals surface area contributed by atoms with Crippen LogP contribution in [0.25, 0.3) is 0 Å². The predicted molar refractivity (Wildman–Crippen MR) is 608 cm³/mol. The largest absolute Gasteiger partial charge is 0.573 e. The molecule has 32 heteroatoms. The van der Waals surface area contributed by atoms with Crippen molar-refractivity contribution in [2.75, 3.05) is 85.8 Å². The van der Waals surface area contributed by atoms with Crippen molar-refractivity contribution in [3.8, 4) is 52.8 Å². The Bertz CT molecular complexity index is 6960. The van der Waals surface area contributed by atoms with Crippen LogP contribution < -0.4 is 65.4 Å². The van der Waals surface area contributed by atoms with Crippen molar-refractivity contribution in [2.45, 2.75) is 148 Å². The molecule has 0 atom stereocenters. The summed E-state index contributed by atoms with van der Waals surface area (Å²) in [5.41, 5.74) is 31.4. The predicted octanol–water partition coefficient (Wildman–Crippen LogP) is 23.8. The molecule has 0 bridgehead atoms. The van der Waals surface area contributed by atoms with Crippen LogP contribution in [0.15, 0.2) is 322 Å². The quantitative estimate of drug-likeness (QED) is 0.0320. The molecule has 796 valence electrons. The maximum atomic E-state index is 11.6. The van der Waals surface area contributed by atoms with Crippen molar-refractivity contribution in [2.24, 2.45) is 5.92 Å². The number of carbonyl (C=O) groups excluding carboxylic acids is 4. The van der Waals surface area contributed by atoms with Gasteiger partial charge in [0.25, 0.3) is 11.8 Å². The van der Waals surface area contributed by atoms with Crippen molar-refractivity contribution in [3.63, 3.8) is 0 Å². The minimum Gasteiger partial charge on any atom is -0.454 e. The molecule has 1 saturated heterocycles. The Hall–Kier alpha value is -15.8. The smallest absolute Gasteiger partial charge is 0.454 e. The van der Waals surface area contributed by atoms with E-state index >= 15 is 0 Å². The number of sulfonamides is 4. The Labute approximate surface area is 886 Å². The molecule has 13 aromatic carbocycles. The fourth-order valence-corrected chi connectivity index (χ4v) is 15.3. The molecule has 16 rings (SSSR count). The number of carbonyl (C=O) groups is 4. The van der Waals surface area contributed by atoms with E-state index in [1.165, 1.54) is 33.1 Å². The Morgan fingerprint density at radius 2 is 0.807 bits per heavy atom. The fourth-order valence-electron chi connectivity index (χ4n) is 11.9. The summed E-state index contributed by atoms with van der Waals surface area (Å²) in [6.45, 7) is 30.9. The molecule has 11 N–H and O–H groups in total. The first-order valence-electron chi connectivity index (χ1n) is 47.8. The molecule has 150 heavy (non-hydrogen) atoms. The molecule has 4 amide bonds. The molecule has 1 aliphatic carbocycles. The number of nitrogens with one attached hydrogen (secondary N) is 7. The second-order valence-corrected chi connectivity index (χ2v) is 42.0. The van der Waals surface area contributed by atoms with E-state index in [2.05, 4.69) is 75.7 Å². The molecule has 0 unspecified atom stereocenters. The molecule has 0 radical (unpaired) electrons. The van der Waals surface area contributed by atoms with Crippen molar-refractivity contribution >= 4 is 109 Å². The van der Waals surface area contributed by atoms with Crippen LogP contribution >= 0.6 is 0 Å². The highest BCUT2D eigenvalue weighted by Gasteiger charge is 2.32. The van der Waals surface area contributed by atoms with Gasteiger partial charge in [0.05, 0.1) is 28.7 Å². The molecule has 0 spiro atoms. The van der Waals surface area contributed by atoms with Crippen molar-refractivity contribution in [1.29, 1.82) is 0 Å². The normalized spacial score (nSPS) is 11.6. The number of nitrogens with zero attached hydrogens (tertiary/aromatic N) is 1. The molecule has 0 aromatic heterocycles. The zero-order valence-electron chi connectivity index (χ0n) is 88.4. The Morgan fingerprint density at radius 1 is 0.440 bits per heavy atom. The van der Waals surface area contributed by atoms with Crippen molar-refractivity contribution < 1.29 is 80.2 Å². The van der Waals surface area contributed by atoms with E-state index in [1.807, 2.05) is 319 Å². The van der Waals surface area contributed by atoms with E-state index in [4.69, 9.17) is 20.9 Å². The standard InChI is InChI=1S/C12H13NO.C11H13NO.C10H13NO2S.C10H15NO2S.C9H13NO2S.C9H11NO.C9H9N.C9H8.C8H7F3O.C8H11NO2S.C8H9NO.C8H8O2.C7H9N/c1-3-5-10-6-8-11(9-7-10)13-12(14)4-2;1-8-2-6-10(7-3-8)12-11(13)9-4-5-9;1-9-3-5-10(6-4-9)11-7-2-8-14(11,12)13;1-8(2)14(12,13)11-10-6-4-9(3)5-7-10;1-3-13(11,12)10-9-6-4-8(2)5-7-9;1-7-4-3-5-8(6-7)9(11)10-2;1-2-3-8-4-6-9(10)7-5-8;1-2-6-9-7-4-3-5-8-9;1-6-2-4-7(5-3-6)12-8(9,10)11;1-7-3-5-8(6-4-7)9-12(2,10)11;1-9-8(10)7-5-3-2-4-6-7;1-6-2-3-7-8(4-6)10-5-9-7;1-6-2-4-7(8)5-3-6/h6-9H,4H2,1-2H3,(H,13,14);2-3,6-7,9H,4-5H2,1H3,(H,12,13);3-6H,2,7-8H2,1H3;4-8,11H,1-3H3;4-7,10H,3H2,1-2H3;3-6H,1-2H3,(H,10,11);4-7H,10H2,1H3;3-5,7-8H,1H3;2-5H,1H3;3-6,9H,1-2H3;2-6H,1H3,(H,9,10);2-4H,5H2,1H3;2-5H,8H2,1H3. The molecular formula is C118H139F3N10O15S4. The summed E-state index contributed by atoms with van der Waals surface area (Å²) < 4.78 is 148. The maximum Gasteiger partial charge on any atom is 0.573 e. The van der Waals surface area contributed by atoms with E-state index in [9.17, 15) is 66.0 Å². The number of nitrogens with two attached hydrogens (primary N) is 2. The molecule has 25 nitrogen and oxygen atoms in total. The zero-order chi connectivity index (χ0) is 111. The number of aryl methyl sites for hydroxylation is 9. The van der Waals surface area contributed by atoms with E-state index in [0.717, 1.165) is 116 Å². The lowest BCUT2D eigenvalue weighted by Crippen LogP contribution is -2.24. The van der Waals surface area contributed by atoms with Crippen LogP contribution in [0, 0.1) is 104 Å². The SMILES string of the molecule is CC#Cc1ccc(N)cc1.CC#Cc1ccc(NC(=O)CC)cc1.CC#Cc1ccccc1.CCS(=O)(=O)Nc1ccc(C)cc1.CNC(=O)c1cccc(C)c1.CNC(=O)c1ccccc1.Cc1ccc(N)cc1.Cc1ccc(N2CCCS2(=O)=O)cc1.Cc1ccc(NC(=O)C2CC2)cc1.Cc1ccc(NS(=O)(=O)C(C)C)cc1.Cc1ccc(NS(C)(=O)=O)cc1.Cc1ccc(OC(F)(F)F)cc1.Cc1ccc2c(c1)OCO2. The third-order valence-corrected chi connectivity index (χ3v) is 25.8. The van der Waals surface area contributed by atoms with Crippen LogP contribution in [-0.4, -0.2) is 114 Å². The first-order valence-corrected chi connectivity index (χ1v) is 54.5. The third kappa shape index (κ3) is 55.1. The summed E-state index contributed by atoms with van der Waals surface area (Å²) in [6.07, 6.45) is -0.135. The average Bonchev–Trinajstić information content (AvgIpc) is 1.67. The lowest BCUT2D eigenvalue weighted by molar-refractivity contribution is -0.274. The number of benzene rings is 13. The number of hydrogen-bond donors (Lipinski definition) is 9. The average molecular weight is 2120 g/mol. The summed E-state index contributed by atoms with van der Waals surface area (Å²) in [4.78, 5) is 44.4. The molecule has 2 aliphatic heterocycles.